The van der Waals surface area contributed by atoms with Crippen LogP contribution in [-0.4, -0.2) is 25.5 Å². The molecule has 1 amide bonds. The molecule has 0 saturated carbocycles. The first kappa shape index (κ1) is 14.0. The van der Waals surface area contributed by atoms with Crippen LogP contribution in [0, 0.1) is 6.92 Å². The molecule has 17 heavy (non-hydrogen) atoms. The number of hydrogen-bond donors (Lipinski definition) is 2. The van der Waals surface area contributed by atoms with Gasteiger partial charge in [-0.1, -0.05) is 30.7 Å². The van der Waals surface area contributed by atoms with Crippen molar-refractivity contribution in [3.63, 3.8) is 0 Å². The maximum absolute atomic E-state index is 11.8. The van der Waals surface area contributed by atoms with Crippen LogP contribution in [0.15, 0.2) is 18.2 Å². The van der Waals surface area contributed by atoms with Crippen LogP contribution in [0.3, 0.4) is 0 Å². The van der Waals surface area contributed by atoms with Crippen LogP contribution in [0.5, 0.6) is 0 Å². The van der Waals surface area contributed by atoms with E-state index in [9.17, 15) is 4.79 Å². The molecule has 1 rings (SSSR count). The third-order valence-electron chi connectivity index (χ3n) is 2.45. The Morgan fingerprint density at radius 2 is 2.06 bits per heavy atom. The fourth-order valence-corrected chi connectivity index (χ4v) is 1.70. The van der Waals surface area contributed by atoms with Crippen molar-refractivity contribution >= 4 is 17.5 Å². The fraction of sp³-hybridized carbons (Fsp3) is 0.462. The van der Waals surface area contributed by atoms with E-state index >= 15 is 0 Å². The minimum atomic E-state index is -0.114. The summed E-state index contributed by atoms with van der Waals surface area (Å²) in [5.74, 6) is -0.114. The van der Waals surface area contributed by atoms with Crippen molar-refractivity contribution in [1.82, 2.24) is 10.6 Å². The fourth-order valence-electron chi connectivity index (χ4n) is 1.48. The number of benzene rings is 1. The smallest absolute Gasteiger partial charge is 0.252 e. The molecule has 0 aliphatic heterocycles. The van der Waals surface area contributed by atoms with Gasteiger partial charge in [0.2, 0.25) is 0 Å². The Hall–Kier alpha value is -1.06. The minimum absolute atomic E-state index is 0.114. The molecule has 0 bridgehead atoms. The van der Waals surface area contributed by atoms with Gasteiger partial charge in [-0.2, -0.15) is 0 Å². The summed E-state index contributed by atoms with van der Waals surface area (Å²) in [4.78, 5) is 11.8. The molecule has 0 saturated heterocycles. The molecule has 0 fully saturated rings. The highest BCUT2D eigenvalue weighted by Gasteiger charge is 2.10. The van der Waals surface area contributed by atoms with Gasteiger partial charge in [0.25, 0.3) is 5.91 Å². The summed E-state index contributed by atoms with van der Waals surface area (Å²) in [7, 11) is 0. The Balaban J connectivity index is 2.44. The number of amides is 1. The average molecular weight is 255 g/mol. The van der Waals surface area contributed by atoms with E-state index in [0.717, 1.165) is 25.1 Å². The number of carbonyl (C=O) groups is 1. The SMILES string of the molecule is CCCNCCNC(=O)c1cccc(C)c1Cl. The zero-order valence-corrected chi connectivity index (χ0v) is 11.1. The molecule has 0 radical (unpaired) electrons. The Labute approximate surface area is 108 Å². The number of rotatable bonds is 6. The van der Waals surface area contributed by atoms with Gasteiger partial charge in [-0.25, -0.2) is 0 Å². The highest BCUT2D eigenvalue weighted by molar-refractivity contribution is 6.34. The lowest BCUT2D eigenvalue weighted by molar-refractivity contribution is 0.0954. The number of aryl methyl sites for hydroxylation is 1. The Morgan fingerprint density at radius 1 is 1.29 bits per heavy atom. The topological polar surface area (TPSA) is 41.1 Å². The quantitative estimate of drug-likeness (QED) is 0.766. The summed E-state index contributed by atoms with van der Waals surface area (Å²) < 4.78 is 0. The van der Waals surface area contributed by atoms with Crippen molar-refractivity contribution in [2.75, 3.05) is 19.6 Å². The zero-order chi connectivity index (χ0) is 12.7. The molecule has 94 valence electrons. The second-order valence-corrected chi connectivity index (χ2v) is 4.32. The van der Waals surface area contributed by atoms with Gasteiger partial charge in [0, 0.05) is 13.1 Å². The molecule has 0 aromatic heterocycles. The minimum Gasteiger partial charge on any atom is -0.351 e. The highest BCUT2D eigenvalue weighted by Crippen LogP contribution is 2.19. The third-order valence-corrected chi connectivity index (χ3v) is 2.95. The molecule has 0 spiro atoms. The average Bonchev–Trinajstić information content (AvgIpc) is 2.32. The molecule has 3 nitrogen and oxygen atoms in total. The molecule has 0 aliphatic carbocycles. The van der Waals surface area contributed by atoms with Crippen LogP contribution in [0.4, 0.5) is 0 Å². The van der Waals surface area contributed by atoms with Crippen LogP contribution < -0.4 is 10.6 Å². The second-order valence-electron chi connectivity index (χ2n) is 3.94. The number of halogens is 1. The lowest BCUT2D eigenvalue weighted by Gasteiger charge is -2.08. The van der Waals surface area contributed by atoms with Crippen molar-refractivity contribution in [2.24, 2.45) is 0 Å². The van der Waals surface area contributed by atoms with E-state index in [1.165, 1.54) is 0 Å². The summed E-state index contributed by atoms with van der Waals surface area (Å²) in [5.41, 5.74) is 1.46. The molecule has 1 aromatic rings. The molecule has 4 heteroatoms. The number of carbonyl (C=O) groups excluding carboxylic acids is 1. The Morgan fingerprint density at radius 3 is 2.76 bits per heavy atom. The van der Waals surface area contributed by atoms with E-state index in [1.54, 1.807) is 6.07 Å². The van der Waals surface area contributed by atoms with Gasteiger partial charge < -0.3 is 10.6 Å². The van der Waals surface area contributed by atoms with Gasteiger partial charge in [-0.05, 0) is 31.5 Å². The molecule has 2 N–H and O–H groups in total. The van der Waals surface area contributed by atoms with Gasteiger partial charge in [0.15, 0.2) is 0 Å². The van der Waals surface area contributed by atoms with E-state index in [-0.39, 0.29) is 5.91 Å². The molecule has 0 aliphatic rings. The Bertz CT molecular complexity index is 380. The second kappa shape index (κ2) is 7.30. The predicted octanol–water partition coefficient (Wildman–Crippen LogP) is 2.38. The third kappa shape index (κ3) is 4.36. The first-order chi connectivity index (χ1) is 8.16. The van der Waals surface area contributed by atoms with E-state index in [4.69, 9.17) is 11.6 Å². The molecule has 0 atom stereocenters. The number of nitrogens with one attached hydrogen (secondary N) is 2. The van der Waals surface area contributed by atoms with Gasteiger partial charge in [-0.3, -0.25) is 4.79 Å². The summed E-state index contributed by atoms with van der Waals surface area (Å²) >= 11 is 6.07. The molecule has 0 unspecified atom stereocenters. The van der Waals surface area contributed by atoms with Crippen molar-refractivity contribution in [1.29, 1.82) is 0 Å². The molecule has 0 heterocycles. The van der Waals surface area contributed by atoms with Crippen LogP contribution in [0.25, 0.3) is 0 Å². The van der Waals surface area contributed by atoms with Crippen LogP contribution >= 0.6 is 11.6 Å². The summed E-state index contributed by atoms with van der Waals surface area (Å²) in [6, 6.07) is 5.47. The molecule has 1 aromatic carbocycles. The normalized spacial score (nSPS) is 10.3. The molecular formula is C13H19ClN2O. The summed E-state index contributed by atoms with van der Waals surface area (Å²) in [6.45, 7) is 6.37. The first-order valence-corrected chi connectivity index (χ1v) is 6.28. The Kier molecular flexibility index (Phi) is 6.01. The van der Waals surface area contributed by atoms with Gasteiger partial charge in [0.1, 0.15) is 0 Å². The van der Waals surface area contributed by atoms with Gasteiger partial charge in [-0.15, -0.1) is 0 Å². The van der Waals surface area contributed by atoms with E-state index in [1.807, 2.05) is 19.1 Å². The lowest BCUT2D eigenvalue weighted by Crippen LogP contribution is -2.32. The van der Waals surface area contributed by atoms with Crippen molar-refractivity contribution in [2.45, 2.75) is 20.3 Å². The van der Waals surface area contributed by atoms with Crippen molar-refractivity contribution < 1.29 is 4.79 Å². The van der Waals surface area contributed by atoms with E-state index in [2.05, 4.69) is 17.6 Å². The van der Waals surface area contributed by atoms with Crippen LogP contribution in [-0.2, 0) is 0 Å². The number of hydrogen-bond acceptors (Lipinski definition) is 2. The predicted molar refractivity (Wildman–Crippen MR) is 71.7 cm³/mol. The van der Waals surface area contributed by atoms with Crippen molar-refractivity contribution in [3.8, 4) is 0 Å². The van der Waals surface area contributed by atoms with Gasteiger partial charge in [0.05, 0.1) is 10.6 Å². The maximum Gasteiger partial charge on any atom is 0.252 e. The van der Waals surface area contributed by atoms with E-state index in [0.29, 0.717) is 17.1 Å². The van der Waals surface area contributed by atoms with Crippen molar-refractivity contribution in [3.05, 3.63) is 34.3 Å². The summed E-state index contributed by atoms with van der Waals surface area (Å²) in [6.07, 6.45) is 1.09. The van der Waals surface area contributed by atoms with E-state index < -0.39 is 0 Å². The highest BCUT2D eigenvalue weighted by atomic mass is 35.5. The van der Waals surface area contributed by atoms with Gasteiger partial charge >= 0.3 is 0 Å². The lowest BCUT2D eigenvalue weighted by atomic mass is 10.1. The standard InChI is InChI=1S/C13H19ClN2O/c1-3-7-15-8-9-16-13(17)11-6-4-5-10(2)12(11)14/h4-6,15H,3,7-9H2,1-2H3,(H,16,17). The summed E-state index contributed by atoms with van der Waals surface area (Å²) in [5, 5.41) is 6.59. The zero-order valence-electron chi connectivity index (χ0n) is 10.3. The van der Waals surface area contributed by atoms with Crippen LogP contribution in [0.1, 0.15) is 29.3 Å². The maximum atomic E-state index is 11.8. The monoisotopic (exact) mass is 254 g/mol. The first-order valence-electron chi connectivity index (χ1n) is 5.90. The molecular weight excluding hydrogens is 236 g/mol. The van der Waals surface area contributed by atoms with Crippen LogP contribution in [0.2, 0.25) is 5.02 Å². The largest absolute Gasteiger partial charge is 0.351 e.